The number of amides is 2. The number of carbonyl (C=O) groups excluding carboxylic acids is 2. The van der Waals surface area contributed by atoms with Crippen LogP contribution in [0.1, 0.15) is 29.0 Å². The second kappa shape index (κ2) is 8.35. The Hall–Kier alpha value is -2.67. The van der Waals surface area contributed by atoms with Crippen LogP contribution in [0, 0.1) is 13.8 Å². The molecule has 7 heteroatoms. The standard InChI is InChI=1S/C20H26N4O3/c1-14-17(15(2)27-22-14)8-9-19(25)24-11-10-23(18(13-24)20(21)26)12-16-6-4-3-5-7-16/h3-7,18H,8-13H2,1-2H3,(H2,21,26)/t18-/m0/s1. The molecule has 1 aromatic heterocycles. The van der Waals surface area contributed by atoms with Gasteiger partial charge in [0.05, 0.1) is 5.69 Å². The summed E-state index contributed by atoms with van der Waals surface area (Å²) < 4.78 is 5.15. The molecule has 144 valence electrons. The van der Waals surface area contributed by atoms with E-state index in [-0.39, 0.29) is 5.91 Å². The smallest absolute Gasteiger partial charge is 0.236 e. The summed E-state index contributed by atoms with van der Waals surface area (Å²) in [5, 5.41) is 3.92. The van der Waals surface area contributed by atoms with E-state index in [0.717, 1.165) is 22.6 Å². The van der Waals surface area contributed by atoms with E-state index in [1.165, 1.54) is 0 Å². The van der Waals surface area contributed by atoms with E-state index >= 15 is 0 Å². The van der Waals surface area contributed by atoms with Gasteiger partial charge in [0, 0.05) is 38.2 Å². The molecule has 2 N–H and O–H groups in total. The second-order valence-corrected chi connectivity index (χ2v) is 7.02. The van der Waals surface area contributed by atoms with Crippen LogP contribution in [0.5, 0.6) is 0 Å². The van der Waals surface area contributed by atoms with Gasteiger partial charge in [-0.25, -0.2) is 0 Å². The summed E-state index contributed by atoms with van der Waals surface area (Å²) in [7, 11) is 0. The molecule has 0 aliphatic carbocycles. The number of aromatic nitrogens is 1. The number of carbonyl (C=O) groups is 2. The first-order valence-corrected chi connectivity index (χ1v) is 9.22. The van der Waals surface area contributed by atoms with Crippen LogP contribution < -0.4 is 5.73 Å². The van der Waals surface area contributed by atoms with Gasteiger partial charge in [0.1, 0.15) is 11.8 Å². The van der Waals surface area contributed by atoms with E-state index in [1.54, 1.807) is 4.90 Å². The van der Waals surface area contributed by atoms with Crippen molar-refractivity contribution in [2.45, 2.75) is 39.3 Å². The zero-order valence-electron chi connectivity index (χ0n) is 15.9. The maximum absolute atomic E-state index is 12.7. The lowest BCUT2D eigenvalue weighted by Gasteiger charge is -2.40. The Morgan fingerprint density at radius 2 is 1.96 bits per heavy atom. The van der Waals surface area contributed by atoms with Gasteiger partial charge in [-0.05, 0) is 25.8 Å². The molecule has 0 radical (unpaired) electrons. The quantitative estimate of drug-likeness (QED) is 0.830. The molecule has 0 spiro atoms. The van der Waals surface area contributed by atoms with Crippen LogP contribution in [-0.4, -0.2) is 52.4 Å². The largest absolute Gasteiger partial charge is 0.368 e. The van der Waals surface area contributed by atoms with Gasteiger partial charge in [0.2, 0.25) is 11.8 Å². The van der Waals surface area contributed by atoms with Crippen molar-refractivity contribution < 1.29 is 14.1 Å². The fourth-order valence-corrected chi connectivity index (χ4v) is 3.57. The predicted octanol–water partition coefficient (Wildman–Crippen LogP) is 1.42. The molecule has 0 bridgehead atoms. The molecule has 0 unspecified atom stereocenters. The highest BCUT2D eigenvalue weighted by Crippen LogP contribution is 2.18. The number of primary amides is 1. The van der Waals surface area contributed by atoms with Crippen molar-refractivity contribution in [3.63, 3.8) is 0 Å². The van der Waals surface area contributed by atoms with Crippen LogP contribution in [0.15, 0.2) is 34.9 Å². The lowest BCUT2D eigenvalue weighted by Crippen LogP contribution is -2.58. The van der Waals surface area contributed by atoms with E-state index in [1.807, 2.05) is 44.2 Å². The molecule has 3 rings (SSSR count). The van der Waals surface area contributed by atoms with Crippen molar-refractivity contribution in [2.75, 3.05) is 19.6 Å². The van der Waals surface area contributed by atoms with Crippen LogP contribution in [0.4, 0.5) is 0 Å². The third-order valence-corrected chi connectivity index (χ3v) is 5.17. The maximum atomic E-state index is 12.7. The van der Waals surface area contributed by atoms with E-state index in [9.17, 15) is 9.59 Å². The van der Waals surface area contributed by atoms with Gasteiger partial charge < -0.3 is 15.2 Å². The first kappa shape index (κ1) is 19.1. The zero-order chi connectivity index (χ0) is 19.4. The SMILES string of the molecule is Cc1noc(C)c1CCC(=O)N1CCN(Cc2ccccc2)[C@H](C(N)=O)C1. The van der Waals surface area contributed by atoms with Gasteiger partial charge in [-0.15, -0.1) is 0 Å². The van der Waals surface area contributed by atoms with Gasteiger partial charge in [0.25, 0.3) is 0 Å². The van der Waals surface area contributed by atoms with Crippen molar-refractivity contribution in [1.29, 1.82) is 0 Å². The number of benzene rings is 1. The fraction of sp³-hybridized carbons (Fsp3) is 0.450. The number of nitrogens with zero attached hydrogens (tertiary/aromatic N) is 3. The minimum absolute atomic E-state index is 0.0283. The van der Waals surface area contributed by atoms with Gasteiger partial charge >= 0.3 is 0 Å². The number of piperazine rings is 1. The topological polar surface area (TPSA) is 92.7 Å². The number of hydrogen-bond donors (Lipinski definition) is 1. The van der Waals surface area contributed by atoms with Crippen LogP contribution >= 0.6 is 0 Å². The Morgan fingerprint density at radius 3 is 2.59 bits per heavy atom. The molecule has 1 saturated heterocycles. The summed E-state index contributed by atoms with van der Waals surface area (Å²) in [6, 6.07) is 9.50. The molecule has 0 saturated carbocycles. The molecule has 2 aromatic rings. The molecular formula is C20H26N4O3. The third-order valence-electron chi connectivity index (χ3n) is 5.17. The van der Waals surface area contributed by atoms with Crippen molar-refractivity contribution in [3.05, 3.63) is 52.9 Å². The second-order valence-electron chi connectivity index (χ2n) is 7.02. The molecule has 27 heavy (non-hydrogen) atoms. The average Bonchev–Trinajstić information content (AvgIpc) is 2.98. The molecule has 1 aliphatic heterocycles. The number of nitrogens with two attached hydrogens (primary N) is 1. The van der Waals surface area contributed by atoms with E-state index in [0.29, 0.717) is 39.0 Å². The highest BCUT2D eigenvalue weighted by atomic mass is 16.5. The number of rotatable bonds is 6. The van der Waals surface area contributed by atoms with E-state index < -0.39 is 11.9 Å². The normalized spacial score (nSPS) is 17.9. The summed E-state index contributed by atoms with van der Waals surface area (Å²) in [5.74, 6) is 0.387. The Labute approximate surface area is 159 Å². The van der Waals surface area contributed by atoms with Gasteiger partial charge in [0.15, 0.2) is 0 Å². The Bertz CT molecular complexity index is 783. The highest BCUT2D eigenvalue weighted by molar-refractivity contribution is 5.82. The minimum Gasteiger partial charge on any atom is -0.368 e. The summed E-state index contributed by atoms with van der Waals surface area (Å²) >= 11 is 0. The summed E-state index contributed by atoms with van der Waals surface area (Å²) in [6.07, 6.45) is 0.957. The summed E-state index contributed by atoms with van der Waals surface area (Å²) in [6.45, 7) is 5.93. The highest BCUT2D eigenvalue weighted by Gasteiger charge is 2.32. The zero-order valence-corrected chi connectivity index (χ0v) is 15.9. The minimum atomic E-state index is -0.470. The van der Waals surface area contributed by atoms with Gasteiger partial charge in [-0.3, -0.25) is 14.5 Å². The molecule has 2 amide bonds. The Kier molecular flexibility index (Phi) is 5.91. The van der Waals surface area contributed by atoms with E-state index in [4.69, 9.17) is 10.3 Å². The lowest BCUT2D eigenvalue weighted by molar-refractivity contribution is -0.137. The van der Waals surface area contributed by atoms with E-state index in [2.05, 4.69) is 10.1 Å². The van der Waals surface area contributed by atoms with Crippen LogP contribution in [0.3, 0.4) is 0 Å². The number of aryl methyl sites for hydroxylation is 2. The molecule has 1 aliphatic rings. The molecular weight excluding hydrogens is 344 g/mol. The van der Waals surface area contributed by atoms with Crippen LogP contribution in [0.25, 0.3) is 0 Å². The summed E-state index contributed by atoms with van der Waals surface area (Å²) in [5.41, 5.74) is 8.56. The molecule has 1 aromatic carbocycles. The third kappa shape index (κ3) is 4.54. The first-order valence-electron chi connectivity index (χ1n) is 9.22. The molecule has 1 atom stereocenters. The van der Waals surface area contributed by atoms with Gasteiger partial charge in [-0.2, -0.15) is 0 Å². The van der Waals surface area contributed by atoms with Crippen molar-refractivity contribution in [1.82, 2.24) is 15.0 Å². The van der Waals surface area contributed by atoms with Crippen molar-refractivity contribution in [3.8, 4) is 0 Å². The molecule has 1 fully saturated rings. The number of hydrogen-bond acceptors (Lipinski definition) is 5. The molecule has 2 heterocycles. The summed E-state index contributed by atoms with van der Waals surface area (Å²) in [4.78, 5) is 28.4. The molecule has 7 nitrogen and oxygen atoms in total. The Morgan fingerprint density at radius 1 is 1.22 bits per heavy atom. The Balaban J connectivity index is 1.60. The van der Waals surface area contributed by atoms with Crippen molar-refractivity contribution in [2.24, 2.45) is 5.73 Å². The monoisotopic (exact) mass is 370 g/mol. The fourth-order valence-electron chi connectivity index (χ4n) is 3.57. The first-order chi connectivity index (χ1) is 13.0. The average molecular weight is 370 g/mol. The van der Waals surface area contributed by atoms with Crippen molar-refractivity contribution >= 4 is 11.8 Å². The van der Waals surface area contributed by atoms with Gasteiger partial charge in [-0.1, -0.05) is 35.5 Å². The predicted molar refractivity (Wildman–Crippen MR) is 101 cm³/mol. The van der Waals surface area contributed by atoms with Crippen LogP contribution in [0.2, 0.25) is 0 Å². The maximum Gasteiger partial charge on any atom is 0.236 e. The van der Waals surface area contributed by atoms with Crippen LogP contribution in [-0.2, 0) is 22.6 Å². The lowest BCUT2D eigenvalue weighted by atomic mass is 10.1.